The molecule has 2 atom stereocenters. The van der Waals surface area contributed by atoms with Gasteiger partial charge in [-0.25, -0.2) is 0 Å². The van der Waals surface area contributed by atoms with Crippen molar-refractivity contribution in [1.82, 2.24) is 5.32 Å². The molecule has 2 nitrogen and oxygen atoms in total. The minimum Gasteiger partial charge on any atom is -0.367 e. The molecule has 16 heavy (non-hydrogen) atoms. The van der Waals surface area contributed by atoms with Gasteiger partial charge in [0.25, 0.3) is 0 Å². The predicted molar refractivity (Wildman–Crippen MR) is 67.9 cm³/mol. The van der Waals surface area contributed by atoms with Crippen LogP contribution < -0.4 is 10.2 Å². The maximum atomic E-state index is 3.47. The van der Waals surface area contributed by atoms with Gasteiger partial charge in [0.1, 0.15) is 0 Å². The second-order valence-electron chi connectivity index (χ2n) is 5.24. The van der Waals surface area contributed by atoms with Crippen molar-refractivity contribution in [2.75, 3.05) is 24.5 Å². The van der Waals surface area contributed by atoms with Crippen LogP contribution in [0.5, 0.6) is 0 Å². The molecular formula is C14H20N2. The lowest BCUT2D eigenvalue weighted by molar-refractivity contribution is 0.492. The van der Waals surface area contributed by atoms with E-state index in [2.05, 4.69) is 41.4 Å². The molecule has 1 N–H and O–H groups in total. The number of fused-ring (bicyclic) bond motifs is 1. The van der Waals surface area contributed by atoms with Crippen molar-refractivity contribution < 1.29 is 0 Å². The van der Waals surface area contributed by atoms with Gasteiger partial charge in [0.2, 0.25) is 0 Å². The zero-order valence-corrected chi connectivity index (χ0v) is 9.95. The molecule has 0 aromatic heterocycles. The summed E-state index contributed by atoms with van der Waals surface area (Å²) in [5.74, 6) is 0.787. The molecular weight excluding hydrogens is 196 g/mol. The first-order chi connectivity index (χ1) is 7.84. The monoisotopic (exact) mass is 216 g/mol. The van der Waals surface area contributed by atoms with Crippen LogP contribution in [0.1, 0.15) is 18.9 Å². The fraction of sp³-hybridized carbons (Fsp3) is 0.571. The van der Waals surface area contributed by atoms with E-state index >= 15 is 0 Å². The van der Waals surface area contributed by atoms with Crippen molar-refractivity contribution in [3.05, 3.63) is 29.8 Å². The van der Waals surface area contributed by atoms with Gasteiger partial charge in [0, 0.05) is 24.8 Å². The zero-order chi connectivity index (χ0) is 11.0. The van der Waals surface area contributed by atoms with Gasteiger partial charge in [0.05, 0.1) is 0 Å². The number of anilines is 1. The fourth-order valence-corrected chi connectivity index (χ4v) is 3.09. The molecule has 86 valence electrons. The summed E-state index contributed by atoms with van der Waals surface area (Å²) < 4.78 is 0. The van der Waals surface area contributed by atoms with Crippen molar-refractivity contribution >= 4 is 5.69 Å². The van der Waals surface area contributed by atoms with Crippen molar-refractivity contribution in [2.24, 2.45) is 5.92 Å². The highest BCUT2D eigenvalue weighted by Gasteiger charge is 2.28. The Balaban J connectivity index is 1.93. The maximum absolute atomic E-state index is 3.47. The van der Waals surface area contributed by atoms with Crippen LogP contribution in [0.2, 0.25) is 0 Å². The van der Waals surface area contributed by atoms with Crippen LogP contribution in [0, 0.1) is 5.92 Å². The van der Waals surface area contributed by atoms with Crippen molar-refractivity contribution in [3.63, 3.8) is 0 Å². The van der Waals surface area contributed by atoms with Gasteiger partial charge in [0.15, 0.2) is 0 Å². The van der Waals surface area contributed by atoms with Crippen LogP contribution in [0.3, 0.4) is 0 Å². The van der Waals surface area contributed by atoms with Crippen LogP contribution in [0.25, 0.3) is 0 Å². The summed E-state index contributed by atoms with van der Waals surface area (Å²) in [5, 5.41) is 3.47. The molecule has 2 aliphatic heterocycles. The Labute approximate surface area is 97.6 Å². The topological polar surface area (TPSA) is 15.3 Å². The molecule has 2 heteroatoms. The number of hydrogen-bond acceptors (Lipinski definition) is 2. The number of rotatable bonds is 1. The summed E-state index contributed by atoms with van der Waals surface area (Å²) in [7, 11) is 0. The van der Waals surface area contributed by atoms with Gasteiger partial charge in [-0.15, -0.1) is 0 Å². The van der Waals surface area contributed by atoms with Gasteiger partial charge in [-0.2, -0.15) is 0 Å². The van der Waals surface area contributed by atoms with E-state index in [4.69, 9.17) is 0 Å². The van der Waals surface area contributed by atoms with Crippen molar-refractivity contribution in [2.45, 2.75) is 25.8 Å². The average Bonchev–Trinajstić information content (AvgIpc) is 2.81. The molecule has 0 aliphatic carbocycles. The third kappa shape index (κ3) is 1.71. The summed E-state index contributed by atoms with van der Waals surface area (Å²) in [6.45, 7) is 5.92. The van der Waals surface area contributed by atoms with Crippen molar-refractivity contribution in [1.29, 1.82) is 0 Å². The molecule has 0 saturated carbocycles. The Hall–Kier alpha value is -1.02. The molecule has 2 heterocycles. The van der Waals surface area contributed by atoms with Gasteiger partial charge in [-0.3, -0.25) is 0 Å². The van der Waals surface area contributed by atoms with Crippen LogP contribution in [0.15, 0.2) is 24.3 Å². The van der Waals surface area contributed by atoms with Crippen LogP contribution in [-0.2, 0) is 6.42 Å². The van der Waals surface area contributed by atoms with Gasteiger partial charge in [-0.1, -0.05) is 25.1 Å². The highest BCUT2D eigenvalue weighted by atomic mass is 15.2. The largest absolute Gasteiger partial charge is 0.367 e. The molecule has 1 aromatic rings. The van der Waals surface area contributed by atoms with Gasteiger partial charge >= 0.3 is 0 Å². The average molecular weight is 216 g/mol. The van der Waals surface area contributed by atoms with E-state index in [1.807, 2.05) is 0 Å². The Morgan fingerprint density at radius 3 is 3.00 bits per heavy atom. The van der Waals surface area contributed by atoms with Crippen LogP contribution in [-0.4, -0.2) is 25.7 Å². The molecule has 0 spiro atoms. The minimum atomic E-state index is 0.712. The lowest BCUT2D eigenvalue weighted by Crippen LogP contribution is -2.43. The standard InChI is InChI=1S/C14H20N2/c1-11-8-12-4-2-3-5-14(12)16(10-11)13-6-7-15-9-13/h2-5,11,13,15H,6-10H2,1H3/t11-,13-/m1/s1. The summed E-state index contributed by atoms with van der Waals surface area (Å²) in [4.78, 5) is 2.63. The Kier molecular flexibility index (Phi) is 2.60. The van der Waals surface area contributed by atoms with E-state index in [-0.39, 0.29) is 0 Å². The number of nitrogens with zero attached hydrogens (tertiary/aromatic N) is 1. The third-order valence-corrected chi connectivity index (χ3v) is 3.85. The summed E-state index contributed by atoms with van der Waals surface area (Å²) in [6, 6.07) is 9.63. The minimum absolute atomic E-state index is 0.712. The second kappa shape index (κ2) is 4.10. The molecule has 1 fully saturated rings. The van der Waals surface area contributed by atoms with Crippen LogP contribution in [0.4, 0.5) is 5.69 Å². The van der Waals surface area contributed by atoms with Crippen molar-refractivity contribution in [3.8, 4) is 0 Å². The fourth-order valence-electron chi connectivity index (χ4n) is 3.09. The van der Waals surface area contributed by atoms with E-state index in [1.165, 1.54) is 37.2 Å². The summed E-state index contributed by atoms with van der Waals surface area (Å²) in [5.41, 5.74) is 3.02. The smallest absolute Gasteiger partial charge is 0.0426 e. The lowest BCUT2D eigenvalue weighted by Gasteiger charge is -2.38. The van der Waals surface area contributed by atoms with E-state index < -0.39 is 0 Å². The molecule has 2 aliphatic rings. The van der Waals surface area contributed by atoms with E-state index in [0.717, 1.165) is 12.5 Å². The summed E-state index contributed by atoms with van der Waals surface area (Å²) in [6.07, 6.45) is 2.54. The molecule has 0 bridgehead atoms. The Morgan fingerprint density at radius 1 is 1.31 bits per heavy atom. The van der Waals surface area contributed by atoms with Gasteiger partial charge in [-0.05, 0) is 36.9 Å². The molecule has 3 rings (SSSR count). The second-order valence-corrected chi connectivity index (χ2v) is 5.24. The molecule has 1 aromatic carbocycles. The predicted octanol–water partition coefficient (Wildman–Crippen LogP) is 2.05. The van der Waals surface area contributed by atoms with Crippen LogP contribution >= 0.6 is 0 Å². The number of para-hydroxylation sites is 1. The molecule has 0 amide bonds. The van der Waals surface area contributed by atoms with Gasteiger partial charge < -0.3 is 10.2 Å². The number of benzene rings is 1. The maximum Gasteiger partial charge on any atom is 0.0426 e. The first-order valence-electron chi connectivity index (χ1n) is 6.40. The first-order valence-corrected chi connectivity index (χ1v) is 6.40. The van der Waals surface area contributed by atoms with E-state index in [1.54, 1.807) is 0 Å². The highest BCUT2D eigenvalue weighted by Crippen LogP contribution is 2.31. The van der Waals surface area contributed by atoms with E-state index in [0.29, 0.717) is 6.04 Å². The quantitative estimate of drug-likeness (QED) is 0.773. The number of nitrogens with one attached hydrogen (secondary N) is 1. The molecule has 1 saturated heterocycles. The van der Waals surface area contributed by atoms with E-state index in [9.17, 15) is 0 Å². The Bertz CT molecular complexity index is 369. The molecule has 0 unspecified atom stereocenters. The first kappa shape index (κ1) is 10.2. The molecule has 0 radical (unpaired) electrons. The Morgan fingerprint density at radius 2 is 2.19 bits per heavy atom. The summed E-state index contributed by atoms with van der Waals surface area (Å²) >= 11 is 0. The lowest BCUT2D eigenvalue weighted by atomic mass is 9.92. The number of hydrogen-bond donors (Lipinski definition) is 1. The highest BCUT2D eigenvalue weighted by molar-refractivity contribution is 5.56. The third-order valence-electron chi connectivity index (χ3n) is 3.85. The zero-order valence-electron chi connectivity index (χ0n) is 9.95. The normalized spacial score (nSPS) is 29.2. The SMILES string of the molecule is C[C@@H]1Cc2ccccc2N([C@@H]2CCNC2)C1.